The third-order valence-electron chi connectivity index (χ3n) is 4.17. The molecule has 0 radical (unpaired) electrons. The Bertz CT molecular complexity index is 660. The van der Waals surface area contributed by atoms with Crippen molar-refractivity contribution in [2.45, 2.75) is 19.6 Å². The molecule has 2 heterocycles. The van der Waals surface area contributed by atoms with E-state index in [1.54, 1.807) is 12.1 Å². The fourth-order valence-corrected chi connectivity index (χ4v) is 2.75. The van der Waals surface area contributed by atoms with Gasteiger partial charge in [0.25, 0.3) is 0 Å². The normalized spacial score (nSPS) is 16.4. The zero-order valence-corrected chi connectivity index (χ0v) is 13.4. The standard InChI is InChI=1S/C17H19F3N4/c1-13-2-7-16(22-21-13)24-10-8-23(9-11-24)12-14-3-5-15(6-4-14)17(18,19)20/h2-7H,8-12H2,1H3. The molecule has 0 atom stereocenters. The van der Waals surface area contributed by atoms with E-state index in [2.05, 4.69) is 20.0 Å². The SMILES string of the molecule is Cc1ccc(N2CCN(Cc3ccc(C(F)(F)F)cc3)CC2)nn1. The Morgan fingerprint density at radius 1 is 0.917 bits per heavy atom. The number of halogens is 3. The molecule has 1 aliphatic rings. The second-order valence-electron chi connectivity index (χ2n) is 5.99. The Hall–Kier alpha value is -2.15. The third-order valence-corrected chi connectivity index (χ3v) is 4.17. The van der Waals surface area contributed by atoms with Crippen molar-refractivity contribution in [1.29, 1.82) is 0 Å². The van der Waals surface area contributed by atoms with Crippen molar-refractivity contribution in [1.82, 2.24) is 15.1 Å². The van der Waals surface area contributed by atoms with Crippen LogP contribution in [0.5, 0.6) is 0 Å². The lowest BCUT2D eigenvalue weighted by Crippen LogP contribution is -2.46. The van der Waals surface area contributed by atoms with Gasteiger partial charge in [0.05, 0.1) is 11.3 Å². The van der Waals surface area contributed by atoms with E-state index in [0.29, 0.717) is 6.54 Å². The first kappa shape index (κ1) is 16.7. The van der Waals surface area contributed by atoms with Gasteiger partial charge in [0.2, 0.25) is 0 Å². The zero-order valence-electron chi connectivity index (χ0n) is 13.4. The molecule has 7 heteroatoms. The Morgan fingerprint density at radius 3 is 2.12 bits per heavy atom. The molecular formula is C17H19F3N4. The molecule has 0 spiro atoms. The molecule has 128 valence electrons. The van der Waals surface area contributed by atoms with Gasteiger partial charge in [-0.1, -0.05) is 12.1 Å². The Kier molecular flexibility index (Phi) is 4.71. The Balaban J connectivity index is 1.54. The maximum Gasteiger partial charge on any atom is 0.416 e. The first-order valence-corrected chi connectivity index (χ1v) is 7.85. The highest BCUT2D eigenvalue weighted by Crippen LogP contribution is 2.29. The van der Waals surface area contributed by atoms with Crippen LogP contribution in [-0.4, -0.2) is 41.3 Å². The molecule has 0 N–H and O–H groups in total. The lowest BCUT2D eigenvalue weighted by Gasteiger charge is -2.35. The van der Waals surface area contributed by atoms with Crippen LogP contribution in [0.15, 0.2) is 36.4 Å². The molecule has 4 nitrogen and oxygen atoms in total. The molecule has 0 aliphatic carbocycles. The summed E-state index contributed by atoms with van der Waals surface area (Å²) in [6.45, 7) is 5.91. The topological polar surface area (TPSA) is 32.3 Å². The molecule has 24 heavy (non-hydrogen) atoms. The minimum atomic E-state index is -4.28. The lowest BCUT2D eigenvalue weighted by atomic mass is 10.1. The van der Waals surface area contributed by atoms with Crippen molar-refractivity contribution >= 4 is 5.82 Å². The van der Waals surface area contributed by atoms with Gasteiger partial charge < -0.3 is 4.90 Å². The predicted octanol–water partition coefficient (Wildman–Crippen LogP) is 3.13. The van der Waals surface area contributed by atoms with E-state index < -0.39 is 11.7 Å². The molecule has 1 aromatic heterocycles. The summed E-state index contributed by atoms with van der Waals surface area (Å²) in [6.07, 6.45) is -4.28. The van der Waals surface area contributed by atoms with Crippen LogP contribution in [0.4, 0.5) is 19.0 Å². The molecule has 2 aromatic rings. The number of rotatable bonds is 3. The highest BCUT2D eigenvalue weighted by atomic mass is 19.4. The van der Waals surface area contributed by atoms with E-state index in [0.717, 1.165) is 55.4 Å². The summed E-state index contributed by atoms with van der Waals surface area (Å²) < 4.78 is 37.7. The fourth-order valence-electron chi connectivity index (χ4n) is 2.75. The van der Waals surface area contributed by atoms with Crippen LogP contribution in [-0.2, 0) is 12.7 Å². The molecule has 1 aromatic carbocycles. The zero-order chi connectivity index (χ0) is 17.2. The molecular weight excluding hydrogens is 317 g/mol. The van der Waals surface area contributed by atoms with Crippen LogP contribution < -0.4 is 4.90 Å². The maximum atomic E-state index is 12.6. The number of hydrogen-bond donors (Lipinski definition) is 0. The fraction of sp³-hybridized carbons (Fsp3) is 0.412. The van der Waals surface area contributed by atoms with E-state index in [9.17, 15) is 13.2 Å². The highest BCUT2D eigenvalue weighted by Gasteiger charge is 2.30. The van der Waals surface area contributed by atoms with E-state index in [4.69, 9.17) is 0 Å². The van der Waals surface area contributed by atoms with Crippen LogP contribution in [0.2, 0.25) is 0 Å². The molecule has 1 aliphatic heterocycles. The van der Waals surface area contributed by atoms with E-state index in [1.807, 2.05) is 19.1 Å². The quantitative estimate of drug-likeness (QED) is 0.862. The summed E-state index contributed by atoms with van der Waals surface area (Å²) >= 11 is 0. The van der Waals surface area contributed by atoms with Gasteiger partial charge in [-0.3, -0.25) is 4.90 Å². The van der Waals surface area contributed by atoms with Crippen LogP contribution in [0, 0.1) is 6.92 Å². The predicted molar refractivity (Wildman–Crippen MR) is 85.7 cm³/mol. The van der Waals surface area contributed by atoms with Crippen molar-refractivity contribution in [3.05, 3.63) is 53.2 Å². The summed E-state index contributed by atoms with van der Waals surface area (Å²) in [5, 5.41) is 8.27. The molecule has 0 amide bonds. The number of anilines is 1. The molecule has 0 bridgehead atoms. The number of aromatic nitrogens is 2. The third kappa shape index (κ3) is 4.03. The van der Waals surface area contributed by atoms with Crippen molar-refractivity contribution in [2.24, 2.45) is 0 Å². The molecule has 3 rings (SSSR count). The first-order valence-electron chi connectivity index (χ1n) is 7.85. The van der Waals surface area contributed by atoms with Crippen molar-refractivity contribution in [2.75, 3.05) is 31.1 Å². The van der Waals surface area contributed by atoms with E-state index in [1.165, 1.54) is 0 Å². The number of benzene rings is 1. The Labute approximate surface area is 138 Å². The van der Waals surface area contributed by atoms with Gasteiger partial charge in [-0.05, 0) is 36.8 Å². The smallest absolute Gasteiger partial charge is 0.353 e. The van der Waals surface area contributed by atoms with Gasteiger partial charge in [0.1, 0.15) is 0 Å². The lowest BCUT2D eigenvalue weighted by molar-refractivity contribution is -0.137. The number of hydrogen-bond acceptors (Lipinski definition) is 4. The number of piperazine rings is 1. The Morgan fingerprint density at radius 2 is 1.58 bits per heavy atom. The number of nitrogens with zero attached hydrogens (tertiary/aromatic N) is 4. The second kappa shape index (κ2) is 6.76. The van der Waals surface area contributed by atoms with Gasteiger partial charge in [-0.15, -0.1) is 5.10 Å². The molecule has 0 unspecified atom stereocenters. The molecule has 0 saturated carbocycles. The summed E-state index contributed by atoms with van der Waals surface area (Å²) in [4.78, 5) is 4.41. The van der Waals surface area contributed by atoms with Gasteiger partial charge in [0, 0.05) is 32.7 Å². The number of alkyl halides is 3. The van der Waals surface area contributed by atoms with E-state index >= 15 is 0 Å². The van der Waals surface area contributed by atoms with Crippen LogP contribution >= 0.6 is 0 Å². The second-order valence-corrected chi connectivity index (χ2v) is 5.99. The van der Waals surface area contributed by atoms with Gasteiger partial charge in [-0.25, -0.2) is 0 Å². The minimum Gasteiger partial charge on any atom is -0.353 e. The van der Waals surface area contributed by atoms with Crippen molar-refractivity contribution in [3.63, 3.8) is 0 Å². The summed E-state index contributed by atoms with van der Waals surface area (Å²) in [5.74, 6) is 0.870. The van der Waals surface area contributed by atoms with Gasteiger partial charge in [-0.2, -0.15) is 18.3 Å². The van der Waals surface area contributed by atoms with Gasteiger partial charge in [0.15, 0.2) is 5.82 Å². The summed E-state index contributed by atoms with van der Waals surface area (Å²) in [5.41, 5.74) is 1.18. The molecule has 1 fully saturated rings. The summed E-state index contributed by atoms with van der Waals surface area (Å²) in [6, 6.07) is 9.31. The average molecular weight is 336 g/mol. The van der Waals surface area contributed by atoms with Crippen LogP contribution in [0.25, 0.3) is 0 Å². The average Bonchev–Trinajstić information content (AvgIpc) is 2.56. The van der Waals surface area contributed by atoms with Crippen LogP contribution in [0.1, 0.15) is 16.8 Å². The largest absolute Gasteiger partial charge is 0.416 e. The minimum absolute atomic E-state index is 0.603. The summed E-state index contributed by atoms with van der Waals surface area (Å²) in [7, 11) is 0. The monoisotopic (exact) mass is 336 g/mol. The number of aryl methyl sites for hydroxylation is 1. The van der Waals surface area contributed by atoms with Crippen molar-refractivity contribution in [3.8, 4) is 0 Å². The molecule has 1 saturated heterocycles. The first-order chi connectivity index (χ1) is 11.4. The van der Waals surface area contributed by atoms with Gasteiger partial charge >= 0.3 is 6.18 Å². The highest BCUT2D eigenvalue weighted by molar-refractivity contribution is 5.37. The van der Waals surface area contributed by atoms with E-state index in [-0.39, 0.29) is 0 Å². The van der Waals surface area contributed by atoms with Crippen LogP contribution in [0.3, 0.4) is 0 Å². The maximum absolute atomic E-state index is 12.6. The van der Waals surface area contributed by atoms with Crippen molar-refractivity contribution < 1.29 is 13.2 Å².